The lowest BCUT2D eigenvalue weighted by atomic mass is 10.0. The largest absolute Gasteiger partial charge is 0.207 e. The van der Waals surface area contributed by atoms with Gasteiger partial charge in [0.2, 0.25) is 0 Å². The summed E-state index contributed by atoms with van der Waals surface area (Å²) in [5.41, 5.74) is 1.12. The van der Waals surface area contributed by atoms with Crippen LogP contribution in [0.25, 0.3) is 0 Å². The Morgan fingerprint density at radius 1 is 0.947 bits per heavy atom. The molecule has 0 heterocycles. The number of rotatable bonds is 2. The van der Waals surface area contributed by atoms with E-state index in [0.717, 1.165) is 5.56 Å². The van der Waals surface area contributed by atoms with E-state index in [-0.39, 0.29) is 5.82 Å². The second-order valence-electron chi connectivity index (χ2n) is 3.82. The van der Waals surface area contributed by atoms with Crippen molar-refractivity contribution in [3.8, 4) is 0 Å². The first-order valence-corrected chi connectivity index (χ1v) is 8.01. The van der Waals surface area contributed by atoms with Gasteiger partial charge in [0, 0.05) is 10.0 Å². The van der Waals surface area contributed by atoms with E-state index in [0.29, 0.717) is 19.5 Å². The van der Waals surface area contributed by atoms with Gasteiger partial charge in [0.15, 0.2) is 0 Å². The summed E-state index contributed by atoms with van der Waals surface area (Å²) in [7, 11) is 0. The minimum absolute atomic E-state index is 0.332. The zero-order valence-electron chi connectivity index (χ0n) is 9.23. The smallest absolute Gasteiger partial charge is 0.137 e. The Morgan fingerprint density at radius 3 is 2.26 bits per heavy atom. The average Bonchev–Trinajstić information content (AvgIpc) is 2.36. The van der Waals surface area contributed by atoms with Crippen LogP contribution in [0.15, 0.2) is 39.3 Å². The molecule has 0 aromatic heterocycles. The van der Waals surface area contributed by atoms with E-state index >= 15 is 0 Å². The molecule has 0 saturated carbocycles. The minimum atomic E-state index is -0.407. The third-order valence-electron chi connectivity index (χ3n) is 2.55. The van der Waals surface area contributed by atoms with Crippen molar-refractivity contribution in [3.05, 3.63) is 67.1 Å². The van der Waals surface area contributed by atoms with Gasteiger partial charge < -0.3 is 0 Å². The van der Waals surface area contributed by atoms with Crippen molar-refractivity contribution in [1.29, 1.82) is 0 Å². The molecule has 6 heteroatoms. The van der Waals surface area contributed by atoms with Gasteiger partial charge in [0.05, 0.1) is 14.3 Å². The van der Waals surface area contributed by atoms with Crippen LogP contribution in [0, 0.1) is 11.6 Å². The van der Waals surface area contributed by atoms with Crippen LogP contribution in [0.4, 0.5) is 8.78 Å². The molecule has 100 valence electrons. The molecule has 0 amide bonds. The molecule has 0 aliphatic rings. The summed E-state index contributed by atoms with van der Waals surface area (Å²) in [6.45, 7) is 0. The Balaban J connectivity index is 2.46. The van der Waals surface area contributed by atoms with Gasteiger partial charge in [-0.05, 0) is 61.7 Å². The second kappa shape index (κ2) is 6.20. The van der Waals surface area contributed by atoms with Crippen LogP contribution in [-0.2, 0) is 0 Å². The monoisotopic (exact) mass is 472 g/mol. The van der Waals surface area contributed by atoms with Gasteiger partial charge in [-0.2, -0.15) is 0 Å². The summed E-state index contributed by atoms with van der Waals surface area (Å²) in [6, 6.07) is 7.37. The lowest BCUT2D eigenvalue weighted by molar-refractivity contribution is 0.611. The summed E-state index contributed by atoms with van der Waals surface area (Å²) in [4.78, 5) is -0.407. The maximum Gasteiger partial charge on any atom is 0.137 e. The van der Waals surface area contributed by atoms with E-state index in [1.807, 2.05) is 0 Å². The van der Waals surface area contributed by atoms with Crippen LogP contribution in [0.5, 0.6) is 0 Å². The van der Waals surface area contributed by atoms with Crippen molar-refractivity contribution in [2.45, 2.75) is 4.83 Å². The predicted octanol–water partition coefficient (Wildman–Crippen LogP) is 6.63. The van der Waals surface area contributed by atoms with E-state index in [1.165, 1.54) is 18.2 Å². The Labute approximate surface area is 139 Å². The molecule has 0 N–H and O–H groups in total. The molecular weight excluding hydrogens is 469 g/mol. The fraction of sp³-hybridized carbons (Fsp3) is 0.0769. The topological polar surface area (TPSA) is 0 Å². The molecule has 0 aliphatic carbocycles. The fourth-order valence-corrected chi connectivity index (χ4v) is 3.10. The fourth-order valence-electron chi connectivity index (χ4n) is 1.58. The normalized spacial score (nSPS) is 12.5. The summed E-state index contributed by atoms with van der Waals surface area (Å²) < 4.78 is 28.0. The molecule has 2 aromatic rings. The number of halogens is 6. The van der Waals surface area contributed by atoms with Crippen molar-refractivity contribution in [1.82, 2.24) is 0 Å². The number of benzene rings is 2. The van der Waals surface area contributed by atoms with Crippen molar-refractivity contribution >= 4 is 59.4 Å². The summed E-state index contributed by atoms with van der Waals surface area (Å²) >= 11 is 15.6. The van der Waals surface area contributed by atoms with Crippen LogP contribution in [0.3, 0.4) is 0 Å². The van der Waals surface area contributed by atoms with Crippen LogP contribution >= 0.6 is 59.4 Å². The molecule has 0 saturated heterocycles. The van der Waals surface area contributed by atoms with Gasteiger partial charge in [-0.1, -0.05) is 33.6 Å². The second-order valence-corrected chi connectivity index (χ2v) is 6.86. The lowest BCUT2D eigenvalue weighted by Crippen LogP contribution is -1.98. The Hall–Kier alpha value is 0.0300. The molecule has 0 fully saturated rings. The van der Waals surface area contributed by atoms with Crippen LogP contribution in [0.1, 0.15) is 16.0 Å². The van der Waals surface area contributed by atoms with E-state index < -0.39 is 10.6 Å². The van der Waals surface area contributed by atoms with E-state index in [4.69, 9.17) is 11.6 Å². The third kappa shape index (κ3) is 3.38. The Bertz CT molecular complexity index is 632. The zero-order chi connectivity index (χ0) is 14.2. The molecule has 0 radical (unpaired) electrons. The molecular formula is C13H6Br3ClF2. The SMILES string of the molecule is Fc1ccc(C(Br)c2cc(Cl)c(Br)cc2F)cc1Br. The number of hydrogen-bond donors (Lipinski definition) is 0. The number of hydrogen-bond acceptors (Lipinski definition) is 0. The first-order chi connectivity index (χ1) is 8.90. The van der Waals surface area contributed by atoms with Crippen molar-refractivity contribution < 1.29 is 8.78 Å². The lowest BCUT2D eigenvalue weighted by Gasteiger charge is -2.13. The highest BCUT2D eigenvalue weighted by Gasteiger charge is 2.18. The molecule has 0 aliphatic heterocycles. The maximum atomic E-state index is 13.9. The van der Waals surface area contributed by atoms with E-state index in [2.05, 4.69) is 47.8 Å². The summed E-state index contributed by atoms with van der Waals surface area (Å²) in [5.74, 6) is -0.753. The van der Waals surface area contributed by atoms with Crippen LogP contribution < -0.4 is 0 Å². The molecule has 1 atom stereocenters. The molecule has 2 rings (SSSR count). The van der Waals surface area contributed by atoms with Gasteiger partial charge in [-0.25, -0.2) is 8.78 Å². The molecule has 0 spiro atoms. The van der Waals surface area contributed by atoms with Gasteiger partial charge in [0.1, 0.15) is 11.6 Å². The van der Waals surface area contributed by atoms with Crippen molar-refractivity contribution in [2.75, 3.05) is 0 Å². The van der Waals surface area contributed by atoms with Gasteiger partial charge in [-0.3, -0.25) is 0 Å². The molecule has 0 nitrogen and oxygen atoms in total. The highest BCUT2D eigenvalue weighted by atomic mass is 79.9. The quantitative estimate of drug-likeness (QED) is 0.338. The minimum Gasteiger partial charge on any atom is -0.207 e. The summed E-state index contributed by atoms with van der Waals surface area (Å²) in [6.07, 6.45) is 0. The molecule has 0 bridgehead atoms. The predicted molar refractivity (Wildman–Crippen MR) is 84.0 cm³/mol. The third-order valence-corrected chi connectivity index (χ3v) is 5.38. The molecule has 2 aromatic carbocycles. The van der Waals surface area contributed by atoms with Gasteiger partial charge in [0.25, 0.3) is 0 Å². The Kier molecular flexibility index (Phi) is 5.04. The average molecular weight is 475 g/mol. The van der Waals surface area contributed by atoms with Gasteiger partial charge in [-0.15, -0.1) is 0 Å². The number of alkyl halides is 1. The van der Waals surface area contributed by atoms with Crippen molar-refractivity contribution in [2.24, 2.45) is 0 Å². The molecule has 1 unspecified atom stereocenters. The standard InChI is InChI=1S/C13H6Br3ClF2/c14-8-5-12(19)7(4-10(8)17)13(16)6-1-2-11(18)9(15)3-6/h1-5,13H. The van der Waals surface area contributed by atoms with Gasteiger partial charge >= 0.3 is 0 Å². The Morgan fingerprint density at radius 2 is 1.63 bits per heavy atom. The summed E-state index contributed by atoms with van der Waals surface area (Å²) in [5, 5.41) is 0.419. The molecule has 19 heavy (non-hydrogen) atoms. The van der Waals surface area contributed by atoms with E-state index in [9.17, 15) is 8.78 Å². The highest BCUT2D eigenvalue weighted by molar-refractivity contribution is 9.11. The highest BCUT2D eigenvalue weighted by Crippen LogP contribution is 2.37. The first kappa shape index (κ1) is 15.4. The van der Waals surface area contributed by atoms with Crippen LogP contribution in [0.2, 0.25) is 5.02 Å². The maximum absolute atomic E-state index is 13.9. The first-order valence-electron chi connectivity index (χ1n) is 5.13. The van der Waals surface area contributed by atoms with E-state index in [1.54, 1.807) is 12.1 Å². The van der Waals surface area contributed by atoms with Crippen LogP contribution in [-0.4, -0.2) is 0 Å². The van der Waals surface area contributed by atoms with Crippen molar-refractivity contribution in [3.63, 3.8) is 0 Å². The zero-order valence-corrected chi connectivity index (χ0v) is 14.7.